The van der Waals surface area contributed by atoms with Crippen LogP contribution in [0.4, 0.5) is 13.2 Å². The summed E-state index contributed by atoms with van der Waals surface area (Å²) in [5.74, 6) is -0.406. The minimum Gasteiger partial charge on any atom is -0.352 e. The summed E-state index contributed by atoms with van der Waals surface area (Å²) in [6, 6.07) is 18.5. The number of nitrogens with zero attached hydrogens (tertiary/aromatic N) is 1. The first-order valence-corrected chi connectivity index (χ1v) is 9.30. The third-order valence-corrected chi connectivity index (χ3v) is 5.17. The minimum absolute atomic E-state index is 0.288. The highest BCUT2D eigenvalue weighted by molar-refractivity contribution is 5.83. The third-order valence-electron chi connectivity index (χ3n) is 5.17. The molecule has 29 heavy (non-hydrogen) atoms. The molecule has 0 spiro atoms. The highest BCUT2D eigenvalue weighted by Gasteiger charge is 2.42. The van der Waals surface area contributed by atoms with E-state index in [1.807, 2.05) is 13.0 Å². The van der Waals surface area contributed by atoms with Gasteiger partial charge in [0.15, 0.2) is 5.96 Å². The topological polar surface area (TPSA) is 36.4 Å². The maximum absolute atomic E-state index is 13.4. The summed E-state index contributed by atoms with van der Waals surface area (Å²) in [6.07, 6.45) is 0. The van der Waals surface area contributed by atoms with Crippen LogP contribution in [0, 0.1) is 17.5 Å². The average Bonchev–Trinajstić information content (AvgIpc) is 3.05. The van der Waals surface area contributed by atoms with Crippen LogP contribution in [-0.2, 0) is 12.1 Å². The predicted molar refractivity (Wildman–Crippen MR) is 107 cm³/mol. The molecule has 0 fully saturated rings. The molecule has 0 amide bonds. The Morgan fingerprint density at radius 1 is 0.897 bits per heavy atom. The molecule has 2 atom stereocenters. The van der Waals surface area contributed by atoms with Gasteiger partial charge in [0.2, 0.25) is 0 Å². The monoisotopic (exact) mass is 395 g/mol. The van der Waals surface area contributed by atoms with Crippen LogP contribution in [0.1, 0.15) is 29.7 Å². The van der Waals surface area contributed by atoms with Crippen molar-refractivity contribution in [3.05, 3.63) is 107 Å². The van der Waals surface area contributed by atoms with Crippen molar-refractivity contribution in [3.8, 4) is 0 Å². The van der Waals surface area contributed by atoms with E-state index in [2.05, 4.69) is 10.6 Å². The van der Waals surface area contributed by atoms with Crippen LogP contribution in [0.3, 0.4) is 0 Å². The lowest BCUT2D eigenvalue weighted by atomic mass is 9.82. The van der Waals surface area contributed by atoms with E-state index in [1.54, 1.807) is 30.3 Å². The van der Waals surface area contributed by atoms with Crippen molar-refractivity contribution in [2.75, 3.05) is 0 Å². The molecule has 3 nitrogen and oxygen atoms in total. The van der Waals surface area contributed by atoms with Crippen LogP contribution < -0.4 is 10.6 Å². The molecule has 1 heterocycles. The lowest BCUT2D eigenvalue weighted by molar-refractivity contribution is 0.404. The van der Waals surface area contributed by atoms with E-state index in [4.69, 9.17) is 4.99 Å². The molecule has 0 radical (unpaired) electrons. The van der Waals surface area contributed by atoms with Gasteiger partial charge in [-0.1, -0.05) is 36.4 Å². The van der Waals surface area contributed by atoms with Crippen LogP contribution in [-0.4, -0.2) is 5.96 Å². The van der Waals surface area contributed by atoms with Gasteiger partial charge in [-0.3, -0.25) is 0 Å². The molecule has 1 aliphatic heterocycles. The molecule has 3 aromatic rings. The van der Waals surface area contributed by atoms with E-state index in [0.29, 0.717) is 12.5 Å². The first-order chi connectivity index (χ1) is 13.9. The number of rotatable bonds is 4. The zero-order valence-corrected chi connectivity index (χ0v) is 15.8. The molecule has 2 N–H and O–H groups in total. The van der Waals surface area contributed by atoms with Gasteiger partial charge < -0.3 is 10.6 Å². The number of hydrogen-bond acceptors (Lipinski definition) is 3. The van der Waals surface area contributed by atoms with E-state index in [1.165, 1.54) is 36.4 Å². The van der Waals surface area contributed by atoms with Crippen molar-refractivity contribution >= 4 is 5.96 Å². The number of halogens is 3. The van der Waals surface area contributed by atoms with Crippen molar-refractivity contribution in [1.82, 2.24) is 10.6 Å². The van der Waals surface area contributed by atoms with Gasteiger partial charge in [-0.05, 0) is 60.0 Å². The second kappa shape index (κ2) is 7.62. The summed E-state index contributed by atoms with van der Waals surface area (Å²) in [7, 11) is 0. The van der Waals surface area contributed by atoms with Gasteiger partial charge in [-0.15, -0.1) is 0 Å². The van der Waals surface area contributed by atoms with E-state index >= 15 is 0 Å². The van der Waals surface area contributed by atoms with Gasteiger partial charge in [-0.2, -0.15) is 0 Å². The first-order valence-electron chi connectivity index (χ1n) is 9.30. The minimum atomic E-state index is -0.740. The quantitative estimate of drug-likeness (QED) is 0.665. The maximum Gasteiger partial charge on any atom is 0.193 e. The van der Waals surface area contributed by atoms with Crippen molar-refractivity contribution in [1.29, 1.82) is 0 Å². The lowest BCUT2D eigenvalue weighted by Gasteiger charge is -2.29. The Kier molecular flexibility index (Phi) is 5.01. The van der Waals surface area contributed by atoms with Gasteiger partial charge in [0.25, 0.3) is 0 Å². The van der Waals surface area contributed by atoms with Crippen molar-refractivity contribution in [3.63, 3.8) is 0 Å². The van der Waals surface area contributed by atoms with E-state index in [-0.39, 0.29) is 23.5 Å². The lowest BCUT2D eigenvalue weighted by Crippen LogP contribution is -2.37. The summed E-state index contributed by atoms with van der Waals surface area (Å²) < 4.78 is 40.3. The second-order valence-electron chi connectivity index (χ2n) is 7.23. The van der Waals surface area contributed by atoms with Gasteiger partial charge in [0.1, 0.15) is 23.0 Å². The Hall–Kier alpha value is -3.28. The molecule has 0 bridgehead atoms. The normalized spacial score (nSPS) is 20.8. The van der Waals surface area contributed by atoms with E-state index < -0.39 is 5.54 Å². The molecule has 0 unspecified atom stereocenters. The van der Waals surface area contributed by atoms with E-state index in [9.17, 15) is 13.2 Å². The Morgan fingerprint density at radius 3 is 2.21 bits per heavy atom. The number of aliphatic imine (C=N–C) groups is 1. The molecule has 0 aromatic heterocycles. The molecular formula is C23H20F3N3. The molecular weight excluding hydrogens is 375 g/mol. The van der Waals surface area contributed by atoms with Crippen LogP contribution in [0.15, 0.2) is 77.8 Å². The molecule has 4 rings (SSSR count). The van der Waals surface area contributed by atoms with Crippen LogP contribution in [0.2, 0.25) is 0 Å². The SMILES string of the molecule is C[C@@]1(c2ccc(F)cc2)N=C(NCc2cccc(F)c2)N[C@@H]1c1ccc(F)cc1. The van der Waals surface area contributed by atoms with E-state index in [0.717, 1.165) is 16.7 Å². The molecule has 3 aromatic carbocycles. The average molecular weight is 395 g/mol. The molecule has 0 aliphatic carbocycles. The second-order valence-corrected chi connectivity index (χ2v) is 7.23. The largest absolute Gasteiger partial charge is 0.352 e. The smallest absolute Gasteiger partial charge is 0.193 e. The third kappa shape index (κ3) is 3.97. The van der Waals surface area contributed by atoms with Crippen molar-refractivity contribution in [2.24, 2.45) is 4.99 Å². The molecule has 6 heteroatoms. The Balaban J connectivity index is 1.64. The molecule has 148 valence electrons. The van der Waals surface area contributed by atoms with Gasteiger partial charge in [0, 0.05) is 6.54 Å². The zero-order valence-electron chi connectivity index (χ0n) is 15.8. The molecule has 0 saturated carbocycles. The van der Waals surface area contributed by atoms with Gasteiger partial charge in [0.05, 0.1) is 6.04 Å². The fourth-order valence-corrected chi connectivity index (χ4v) is 3.61. The van der Waals surface area contributed by atoms with Crippen molar-refractivity contribution in [2.45, 2.75) is 25.0 Å². The van der Waals surface area contributed by atoms with Crippen LogP contribution in [0.5, 0.6) is 0 Å². The number of hydrogen-bond donors (Lipinski definition) is 2. The summed E-state index contributed by atoms with van der Waals surface area (Å²) in [4.78, 5) is 4.82. The van der Waals surface area contributed by atoms with Crippen molar-refractivity contribution < 1.29 is 13.2 Å². The summed E-state index contributed by atoms with van der Waals surface area (Å²) in [5.41, 5.74) is 1.71. The predicted octanol–water partition coefficient (Wildman–Crippen LogP) is 4.81. The Bertz CT molecular complexity index is 1030. The van der Waals surface area contributed by atoms with Crippen LogP contribution >= 0.6 is 0 Å². The van der Waals surface area contributed by atoms with Crippen LogP contribution in [0.25, 0.3) is 0 Å². The maximum atomic E-state index is 13.4. The molecule has 1 aliphatic rings. The highest BCUT2D eigenvalue weighted by Crippen LogP contribution is 2.41. The number of benzene rings is 3. The molecule has 0 saturated heterocycles. The fourth-order valence-electron chi connectivity index (χ4n) is 3.61. The number of guanidine groups is 1. The highest BCUT2D eigenvalue weighted by atomic mass is 19.1. The standard InChI is InChI=1S/C23H20F3N3/c1-23(17-7-11-19(25)12-8-17)21(16-5-9-18(24)10-6-16)28-22(29-23)27-14-15-3-2-4-20(26)13-15/h2-13,21H,14H2,1H3,(H2,27,28,29)/t21-,23+/m1/s1. The zero-order chi connectivity index (χ0) is 20.4. The summed E-state index contributed by atoms with van der Waals surface area (Å²) in [5, 5.41) is 6.54. The fraction of sp³-hybridized carbons (Fsp3) is 0.174. The first kappa shape index (κ1) is 19.1. The van der Waals surface area contributed by atoms with Gasteiger partial charge in [-0.25, -0.2) is 18.2 Å². The number of nitrogens with one attached hydrogen (secondary N) is 2. The Morgan fingerprint density at radius 2 is 1.55 bits per heavy atom. The Labute approximate surface area is 167 Å². The van der Waals surface area contributed by atoms with Gasteiger partial charge >= 0.3 is 0 Å². The summed E-state index contributed by atoms with van der Waals surface area (Å²) in [6.45, 7) is 2.33. The summed E-state index contributed by atoms with van der Waals surface area (Å²) >= 11 is 0.